The molecular weight excluding hydrogens is 709 g/mol. The van der Waals surface area contributed by atoms with Gasteiger partial charge in [0.25, 0.3) is 0 Å². The molecule has 294 valence electrons. The fraction of sp³-hybridized carbons (Fsp3) is 0.400. The Morgan fingerprint density at radius 1 is 0.786 bits per heavy atom. The molecule has 4 aromatic carbocycles. The van der Waals surface area contributed by atoms with Crippen molar-refractivity contribution in [2.24, 2.45) is 0 Å². The van der Waals surface area contributed by atoms with Gasteiger partial charge in [-0.2, -0.15) is 0 Å². The van der Waals surface area contributed by atoms with E-state index in [0.717, 1.165) is 96.2 Å². The van der Waals surface area contributed by atoms with Gasteiger partial charge >= 0.3 is 11.7 Å². The number of carboxylic acids is 1. The number of imidazole rings is 1. The zero-order chi connectivity index (χ0) is 38.9. The Hall–Kier alpha value is -5.07. The van der Waals surface area contributed by atoms with E-state index in [1.54, 1.807) is 0 Å². The average Bonchev–Trinajstić information content (AvgIpc) is 3.57. The first-order chi connectivity index (χ1) is 27.3. The third kappa shape index (κ3) is 10.0. The topological polar surface area (TPSA) is 146 Å². The zero-order valence-electron chi connectivity index (χ0n) is 31.8. The van der Waals surface area contributed by atoms with Crippen LogP contribution in [-0.2, 0) is 32.2 Å². The molecule has 56 heavy (non-hydrogen) atoms. The second-order valence-electron chi connectivity index (χ2n) is 15.1. The van der Waals surface area contributed by atoms with Gasteiger partial charge in [-0.1, -0.05) is 91.7 Å². The van der Waals surface area contributed by atoms with Crippen molar-refractivity contribution < 1.29 is 29.3 Å². The number of benzene rings is 4. The summed E-state index contributed by atoms with van der Waals surface area (Å²) in [6, 6.07) is 32.4. The number of fused-ring (bicyclic) bond motifs is 1. The molecule has 1 amide bonds. The normalized spacial score (nSPS) is 19.3. The number of hydrogen-bond acceptors (Lipinski definition) is 7. The van der Waals surface area contributed by atoms with E-state index >= 15 is 0 Å². The monoisotopic (exact) mass is 760 g/mol. The first-order valence-corrected chi connectivity index (χ1v) is 19.9. The summed E-state index contributed by atoms with van der Waals surface area (Å²) < 4.78 is 15.3. The lowest BCUT2D eigenvalue weighted by molar-refractivity contribution is -0.253. The molecule has 11 heteroatoms. The minimum absolute atomic E-state index is 0.00169. The quantitative estimate of drug-likeness (QED) is 0.0761. The molecule has 3 unspecified atom stereocenters. The van der Waals surface area contributed by atoms with Gasteiger partial charge in [0.15, 0.2) is 6.29 Å². The van der Waals surface area contributed by atoms with Gasteiger partial charge in [-0.25, -0.2) is 4.79 Å². The van der Waals surface area contributed by atoms with E-state index in [1.807, 2.05) is 65.2 Å². The second-order valence-corrected chi connectivity index (χ2v) is 15.1. The average molecular weight is 761 g/mol. The van der Waals surface area contributed by atoms with Gasteiger partial charge in [0.1, 0.15) is 0 Å². The van der Waals surface area contributed by atoms with Crippen molar-refractivity contribution in [1.82, 2.24) is 19.8 Å². The summed E-state index contributed by atoms with van der Waals surface area (Å²) in [5, 5.41) is 21.4. The van der Waals surface area contributed by atoms with Gasteiger partial charge in [-0.3, -0.25) is 14.2 Å². The number of aliphatic hydroxyl groups excluding tert-OH is 1. The molecule has 2 saturated heterocycles. The van der Waals surface area contributed by atoms with Gasteiger partial charge in [-0.15, -0.1) is 0 Å². The van der Waals surface area contributed by atoms with Crippen LogP contribution >= 0.6 is 0 Å². The van der Waals surface area contributed by atoms with Gasteiger partial charge in [0.2, 0.25) is 5.91 Å². The Morgan fingerprint density at radius 2 is 1.52 bits per heavy atom. The summed E-state index contributed by atoms with van der Waals surface area (Å²) in [6.07, 6.45) is 5.30. The Labute approximate surface area is 327 Å². The van der Waals surface area contributed by atoms with Crippen LogP contribution in [0.4, 0.5) is 0 Å². The first-order valence-electron chi connectivity index (χ1n) is 19.9. The third-order valence-corrected chi connectivity index (χ3v) is 11.1. The van der Waals surface area contributed by atoms with Crippen molar-refractivity contribution in [2.45, 2.75) is 95.5 Å². The highest BCUT2D eigenvalue weighted by Crippen LogP contribution is 2.39. The van der Waals surface area contributed by atoms with E-state index in [0.29, 0.717) is 25.8 Å². The summed E-state index contributed by atoms with van der Waals surface area (Å²) in [5.41, 5.74) is 7.72. The van der Waals surface area contributed by atoms with Crippen LogP contribution in [0.1, 0.15) is 98.5 Å². The lowest BCUT2D eigenvalue weighted by Gasteiger charge is -2.40. The van der Waals surface area contributed by atoms with Crippen molar-refractivity contribution in [1.29, 1.82) is 0 Å². The number of likely N-dealkylation sites (tertiary alicyclic amines) is 1. The molecule has 0 saturated carbocycles. The Balaban J connectivity index is 0.975. The molecule has 11 nitrogen and oxygen atoms in total. The van der Waals surface area contributed by atoms with Crippen molar-refractivity contribution in [2.75, 3.05) is 19.6 Å². The maximum absolute atomic E-state index is 12.9. The second kappa shape index (κ2) is 18.7. The number of aromatic amines is 1. The van der Waals surface area contributed by atoms with Gasteiger partial charge in [0, 0.05) is 57.0 Å². The van der Waals surface area contributed by atoms with Gasteiger partial charge < -0.3 is 34.9 Å². The van der Waals surface area contributed by atoms with E-state index in [9.17, 15) is 19.5 Å². The summed E-state index contributed by atoms with van der Waals surface area (Å²) >= 11 is 0. The van der Waals surface area contributed by atoms with Crippen LogP contribution in [0.25, 0.3) is 22.2 Å². The maximum Gasteiger partial charge on any atom is 0.326 e. The molecular formula is C45H52N4O7. The van der Waals surface area contributed by atoms with Crippen LogP contribution < -0.4 is 11.0 Å². The fourth-order valence-electron chi connectivity index (χ4n) is 8.02. The Morgan fingerprint density at radius 3 is 2.27 bits per heavy atom. The van der Waals surface area contributed by atoms with E-state index in [-0.39, 0.29) is 42.9 Å². The van der Waals surface area contributed by atoms with Crippen LogP contribution in [0.2, 0.25) is 0 Å². The zero-order valence-corrected chi connectivity index (χ0v) is 31.8. The highest BCUT2D eigenvalue weighted by atomic mass is 16.7. The minimum atomic E-state index is -0.777. The number of nitrogens with zero attached hydrogens (tertiary/aromatic N) is 2. The molecule has 1 aromatic heterocycles. The van der Waals surface area contributed by atoms with Gasteiger partial charge in [0.05, 0.1) is 29.8 Å². The lowest BCUT2D eigenvalue weighted by Crippen LogP contribution is -2.43. The highest BCUT2D eigenvalue weighted by Gasteiger charge is 2.34. The number of carbonyl (C=O) groups is 2. The number of para-hydroxylation sites is 2. The van der Waals surface area contributed by atoms with Crippen molar-refractivity contribution >= 4 is 22.9 Å². The number of amides is 1. The summed E-state index contributed by atoms with van der Waals surface area (Å²) in [7, 11) is 0. The number of aromatic nitrogens is 2. The number of H-pyrrole nitrogens is 1. The number of unbranched alkanes of at least 4 members (excludes halogenated alkanes) is 3. The van der Waals surface area contributed by atoms with Crippen LogP contribution in [0.3, 0.4) is 0 Å². The summed E-state index contributed by atoms with van der Waals surface area (Å²) in [6.45, 7) is 2.92. The number of hydrogen-bond donors (Lipinski definition) is 4. The van der Waals surface area contributed by atoms with E-state index in [4.69, 9.17) is 14.6 Å². The standard InChI is InChI=1S/C45H52N4O7/c50-30-31-14-16-34(17-15-31)41-27-38(29-48-24-22-37(23-25-48)49-40-11-6-5-10-39(40)47-45(49)54)55-44(56-41)35-20-18-33(19-21-35)36-9-7-8-32(26-36)28-46-42(51)12-3-1-2-4-13-43(52)53/h5-11,14-21,26,37-38,41,44,50H,1-4,12-13,22-25,27-30H2,(H,46,51)(H,47,54)(H,52,53). The molecule has 2 fully saturated rings. The molecule has 5 aromatic rings. The SMILES string of the molecule is O=C(O)CCCCCCC(=O)NCc1cccc(-c2ccc(C3OC(CN4CCC(n5c(=O)[nH]c6ccccc65)CC4)CC(c4ccc(CO)cc4)O3)cc2)c1. The number of rotatable bonds is 16. The van der Waals surface area contributed by atoms with E-state index in [1.165, 1.54) is 0 Å². The molecule has 3 atom stereocenters. The fourth-order valence-corrected chi connectivity index (χ4v) is 8.02. The van der Waals surface area contributed by atoms with Crippen LogP contribution in [0.5, 0.6) is 0 Å². The Bertz CT molecular complexity index is 2120. The Kier molecular flexibility index (Phi) is 13.1. The van der Waals surface area contributed by atoms with Crippen molar-refractivity contribution in [3.8, 4) is 11.1 Å². The number of carboxylic acid groups (broad SMARTS) is 1. The number of piperidine rings is 1. The number of nitrogens with one attached hydrogen (secondary N) is 2. The molecule has 0 bridgehead atoms. The first kappa shape index (κ1) is 39.2. The number of ether oxygens (including phenoxy) is 2. The van der Waals surface area contributed by atoms with Crippen LogP contribution in [0, 0.1) is 0 Å². The number of aliphatic hydroxyl groups is 1. The molecule has 2 aliphatic rings. The predicted octanol–water partition coefficient (Wildman–Crippen LogP) is 7.41. The van der Waals surface area contributed by atoms with Crippen molar-refractivity contribution in [3.63, 3.8) is 0 Å². The largest absolute Gasteiger partial charge is 0.481 e. The third-order valence-electron chi connectivity index (χ3n) is 11.1. The van der Waals surface area contributed by atoms with E-state index < -0.39 is 12.3 Å². The molecule has 0 radical (unpaired) electrons. The summed E-state index contributed by atoms with van der Waals surface area (Å²) in [5.74, 6) is -0.779. The molecule has 7 rings (SSSR count). The van der Waals surface area contributed by atoms with E-state index in [2.05, 4.69) is 51.6 Å². The van der Waals surface area contributed by atoms with Crippen LogP contribution in [-0.4, -0.2) is 62.3 Å². The molecule has 2 aliphatic heterocycles. The van der Waals surface area contributed by atoms with Crippen LogP contribution in [0.15, 0.2) is 102 Å². The summed E-state index contributed by atoms with van der Waals surface area (Å²) in [4.78, 5) is 41.4. The predicted molar refractivity (Wildman–Crippen MR) is 215 cm³/mol. The lowest BCUT2D eigenvalue weighted by atomic mass is 9.98. The maximum atomic E-state index is 12.9. The van der Waals surface area contributed by atoms with Gasteiger partial charge in [-0.05, 0) is 71.7 Å². The minimum Gasteiger partial charge on any atom is -0.481 e. The molecule has 0 aliphatic carbocycles. The molecule has 0 spiro atoms. The highest BCUT2D eigenvalue weighted by molar-refractivity contribution is 5.76. The number of aliphatic carboxylic acids is 1. The molecule has 4 N–H and O–H groups in total. The number of carbonyl (C=O) groups excluding carboxylic acids is 1. The smallest absolute Gasteiger partial charge is 0.326 e. The van der Waals surface area contributed by atoms with Crippen molar-refractivity contribution in [3.05, 3.63) is 130 Å². The molecule has 3 heterocycles.